The third kappa shape index (κ3) is 2.92. The summed E-state index contributed by atoms with van der Waals surface area (Å²) in [6.45, 7) is 0. The molecule has 0 radical (unpaired) electrons. The normalized spacial score (nSPS) is 22.6. The topological polar surface area (TPSA) is 12.0 Å². The molecule has 0 bridgehead atoms. The highest BCUT2D eigenvalue weighted by molar-refractivity contribution is 7.99. The van der Waals surface area contributed by atoms with E-state index in [4.69, 9.17) is 0 Å². The third-order valence-electron chi connectivity index (χ3n) is 4.88. The van der Waals surface area contributed by atoms with Crippen LogP contribution in [0.4, 0.5) is 0 Å². The van der Waals surface area contributed by atoms with Gasteiger partial charge in [0.2, 0.25) is 0 Å². The molecular formula is C19H22ClNS. The fourth-order valence-corrected chi connectivity index (χ4v) is 5.07. The zero-order chi connectivity index (χ0) is 14.1. The largest absolute Gasteiger partial charge is 0.300 e. The molecule has 0 saturated heterocycles. The Kier molecular flexibility index (Phi) is 4.82. The number of rotatable bonds is 1. The Labute approximate surface area is 143 Å². The molecule has 2 aliphatic rings. The van der Waals surface area contributed by atoms with Crippen molar-refractivity contribution in [1.82, 2.24) is 5.32 Å². The van der Waals surface area contributed by atoms with E-state index >= 15 is 0 Å². The quantitative estimate of drug-likeness (QED) is 0.770. The molecule has 4 rings (SSSR count). The van der Waals surface area contributed by atoms with Gasteiger partial charge in [-0.25, -0.2) is 0 Å². The third-order valence-corrected chi connectivity index (χ3v) is 6.26. The Balaban J connectivity index is 0.00000144. The van der Waals surface area contributed by atoms with E-state index in [0.717, 1.165) is 0 Å². The highest BCUT2D eigenvalue weighted by Gasteiger charge is 2.38. The smallest absolute Gasteiger partial charge is 0.0592 e. The summed E-state index contributed by atoms with van der Waals surface area (Å²) in [6.07, 6.45) is 5.37. The molecule has 1 unspecified atom stereocenters. The lowest BCUT2D eigenvalue weighted by molar-refractivity contribution is 0.346. The van der Waals surface area contributed by atoms with Gasteiger partial charge in [0.15, 0.2) is 0 Å². The lowest BCUT2D eigenvalue weighted by Crippen LogP contribution is -2.46. The minimum atomic E-state index is 0. The average molecular weight is 332 g/mol. The number of halogens is 1. The van der Waals surface area contributed by atoms with Crippen LogP contribution in [0.5, 0.6) is 0 Å². The second kappa shape index (κ2) is 6.66. The van der Waals surface area contributed by atoms with Crippen molar-refractivity contribution in [3.63, 3.8) is 0 Å². The Bertz CT molecular complexity index is 622. The first-order valence-electron chi connectivity index (χ1n) is 7.91. The first-order chi connectivity index (χ1) is 10.4. The molecule has 1 atom stereocenters. The van der Waals surface area contributed by atoms with Gasteiger partial charge in [-0.15, -0.1) is 24.2 Å². The number of benzene rings is 2. The molecular weight excluding hydrogens is 310 g/mol. The van der Waals surface area contributed by atoms with Crippen molar-refractivity contribution in [2.24, 2.45) is 0 Å². The Hall–Kier alpha value is -0.960. The number of hydrogen-bond acceptors (Lipinski definition) is 2. The first-order valence-corrected chi connectivity index (χ1v) is 8.89. The van der Waals surface area contributed by atoms with Crippen molar-refractivity contribution >= 4 is 24.2 Å². The van der Waals surface area contributed by atoms with E-state index in [1.807, 2.05) is 11.8 Å². The van der Waals surface area contributed by atoms with Crippen molar-refractivity contribution in [1.29, 1.82) is 0 Å². The fourth-order valence-electron chi connectivity index (χ4n) is 3.74. The van der Waals surface area contributed by atoms with Gasteiger partial charge in [0.25, 0.3) is 0 Å². The average Bonchev–Trinajstić information content (AvgIpc) is 2.94. The van der Waals surface area contributed by atoms with E-state index in [2.05, 4.69) is 59.9 Å². The standard InChI is InChI=1S/C19H21NS.ClH/c1-2-8-15(9-3-1)18-16-10-4-5-11-17(16)21-14-19(20-18)12-6-7-13-19;/h1-5,8-11,18,20H,6-7,12-14H2;1H. The Morgan fingerprint density at radius 2 is 1.59 bits per heavy atom. The molecule has 1 heterocycles. The monoisotopic (exact) mass is 331 g/mol. The maximum absolute atomic E-state index is 4.04. The van der Waals surface area contributed by atoms with E-state index in [-0.39, 0.29) is 12.4 Å². The number of hydrogen-bond donors (Lipinski definition) is 1. The molecule has 2 aromatic carbocycles. The Morgan fingerprint density at radius 1 is 0.909 bits per heavy atom. The zero-order valence-electron chi connectivity index (χ0n) is 12.6. The van der Waals surface area contributed by atoms with E-state index in [0.29, 0.717) is 11.6 Å². The van der Waals surface area contributed by atoms with Gasteiger partial charge < -0.3 is 0 Å². The summed E-state index contributed by atoms with van der Waals surface area (Å²) in [6, 6.07) is 20.2. The van der Waals surface area contributed by atoms with Crippen molar-refractivity contribution in [3.8, 4) is 0 Å². The second-order valence-corrected chi connectivity index (χ2v) is 7.32. The molecule has 116 valence electrons. The van der Waals surface area contributed by atoms with Crippen LogP contribution in [0.2, 0.25) is 0 Å². The Morgan fingerprint density at radius 3 is 2.36 bits per heavy atom. The lowest BCUT2D eigenvalue weighted by atomic mass is 9.93. The summed E-state index contributed by atoms with van der Waals surface area (Å²) in [5.74, 6) is 1.20. The van der Waals surface area contributed by atoms with Crippen LogP contribution in [0.25, 0.3) is 0 Å². The number of thioether (sulfide) groups is 1. The molecule has 0 amide bonds. The highest BCUT2D eigenvalue weighted by atomic mass is 35.5. The molecule has 1 aliphatic heterocycles. The van der Waals surface area contributed by atoms with Crippen LogP contribution >= 0.6 is 24.2 Å². The van der Waals surface area contributed by atoms with Gasteiger partial charge in [-0.2, -0.15) is 0 Å². The van der Waals surface area contributed by atoms with Crippen LogP contribution in [0.1, 0.15) is 42.9 Å². The zero-order valence-corrected chi connectivity index (χ0v) is 14.3. The molecule has 2 aromatic rings. The van der Waals surface area contributed by atoms with Crippen LogP contribution in [-0.4, -0.2) is 11.3 Å². The summed E-state index contributed by atoms with van der Waals surface area (Å²) in [5.41, 5.74) is 3.15. The summed E-state index contributed by atoms with van der Waals surface area (Å²) in [4.78, 5) is 1.45. The molecule has 22 heavy (non-hydrogen) atoms. The minimum absolute atomic E-state index is 0. The minimum Gasteiger partial charge on any atom is -0.300 e. The van der Waals surface area contributed by atoms with Crippen LogP contribution in [0.3, 0.4) is 0 Å². The van der Waals surface area contributed by atoms with Crippen LogP contribution in [0, 0.1) is 0 Å². The van der Waals surface area contributed by atoms with Gasteiger partial charge in [-0.05, 0) is 30.0 Å². The van der Waals surface area contributed by atoms with Crippen molar-refractivity contribution in [3.05, 3.63) is 65.7 Å². The van der Waals surface area contributed by atoms with Crippen molar-refractivity contribution < 1.29 is 0 Å². The first kappa shape index (κ1) is 15.9. The number of fused-ring (bicyclic) bond motifs is 1. The van der Waals surface area contributed by atoms with Gasteiger partial charge in [-0.1, -0.05) is 61.4 Å². The van der Waals surface area contributed by atoms with Crippen molar-refractivity contribution in [2.45, 2.75) is 42.2 Å². The maximum Gasteiger partial charge on any atom is 0.0592 e. The van der Waals surface area contributed by atoms with E-state index in [1.165, 1.54) is 47.5 Å². The predicted octanol–water partition coefficient (Wildman–Crippen LogP) is 5.21. The SMILES string of the molecule is Cl.c1ccc(C2NC3(CCCC3)CSc3ccccc32)cc1. The van der Waals surface area contributed by atoms with Gasteiger partial charge in [0.1, 0.15) is 0 Å². The van der Waals surface area contributed by atoms with Gasteiger partial charge in [-0.3, -0.25) is 5.32 Å². The molecule has 1 saturated carbocycles. The fraction of sp³-hybridized carbons (Fsp3) is 0.368. The van der Waals surface area contributed by atoms with Crippen LogP contribution < -0.4 is 5.32 Å². The van der Waals surface area contributed by atoms with Crippen LogP contribution in [0.15, 0.2) is 59.5 Å². The summed E-state index contributed by atoms with van der Waals surface area (Å²) < 4.78 is 0. The number of nitrogens with one attached hydrogen (secondary N) is 1. The van der Waals surface area contributed by atoms with E-state index < -0.39 is 0 Å². The second-order valence-electron chi connectivity index (χ2n) is 6.30. The molecule has 0 aromatic heterocycles. The van der Waals surface area contributed by atoms with E-state index in [1.54, 1.807) is 0 Å². The molecule has 3 heteroatoms. The van der Waals surface area contributed by atoms with Gasteiger partial charge in [0.05, 0.1) is 6.04 Å². The van der Waals surface area contributed by atoms with Gasteiger partial charge in [0, 0.05) is 16.2 Å². The van der Waals surface area contributed by atoms with Crippen molar-refractivity contribution in [2.75, 3.05) is 5.75 Å². The maximum atomic E-state index is 4.04. The summed E-state index contributed by atoms with van der Waals surface area (Å²) in [7, 11) is 0. The predicted molar refractivity (Wildman–Crippen MR) is 97.0 cm³/mol. The highest BCUT2D eigenvalue weighted by Crippen LogP contribution is 2.43. The molecule has 1 N–H and O–H groups in total. The summed E-state index contributed by atoms with van der Waals surface area (Å²) >= 11 is 2.04. The summed E-state index contributed by atoms with van der Waals surface area (Å²) in [5, 5.41) is 4.04. The van der Waals surface area contributed by atoms with Gasteiger partial charge >= 0.3 is 0 Å². The molecule has 1 fully saturated rings. The molecule has 1 aliphatic carbocycles. The molecule has 1 spiro atoms. The van der Waals surface area contributed by atoms with E-state index in [9.17, 15) is 0 Å². The molecule has 1 nitrogen and oxygen atoms in total. The lowest BCUT2D eigenvalue weighted by Gasteiger charge is -2.32. The van der Waals surface area contributed by atoms with Crippen LogP contribution in [-0.2, 0) is 0 Å².